The number of carbonyl (C=O) groups is 2. The van der Waals surface area contributed by atoms with Crippen LogP contribution >= 0.6 is 12.4 Å². The summed E-state index contributed by atoms with van der Waals surface area (Å²) >= 11 is 0. The number of rotatable bonds is 5. The monoisotopic (exact) mass is 490 g/mol. The van der Waals surface area contributed by atoms with Crippen LogP contribution in [0.3, 0.4) is 0 Å². The molecule has 34 heavy (non-hydrogen) atoms. The number of nitrogens with zero attached hydrogens (tertiary/aromatic N) is 1. The van der Waals surface area contributed by atoms with Crippen LogP contribution < -0.4 is 10.1 Å². The fourth-order valence-corrected chi connectivity index (χ4v) is 7.07. The van der Waals surface area contributed by atoms with E-state index in [2.05, 4.69) is 15.0 Å². The van der Waals surface area contributed by atoms with Gasteiger partial charge in [-0.2, -0.15) is 0 Å². The first kappa shape index (κ1) is 23.5. The summed E-state index contributed by atoms with van der Waals surface area (Å²) in [7, 11) is 1.26. The molecule has 6 rings (SSSR count). The molecule has 2 bridgehead atoms. The first-order valence-electron chi connectivity index (χ1n) is 11.9. The van der Waals surface area contributed by atoms with Crippen molar-refractivity contribution in [1.82, 2.24) is 10.2 Å². The summed E-state index contributed by atoms with van der Waals surface area (Å²) in [5.41, 5.74) is 0.390. The van der Waals surface area contributed by atoms with E-state index in [1.165, 1.54) is 20.0 Å². The number of ether oxygens (including phenoxy) is 2. The number of piperidine rings is 1. The van der Waals surface area contributed by atoms with Crippen molar-refractivity contribution in [3.63, 3.8) is 0 Å². The van der Waals surface area contributed by atoms with Gasteiger partial charge in [-0.05, 0) is 62.6 Å². The predicted octanol–water partition coefficient (Wildman–Crippen LogP) is 1.59. The molecule has 0 radical (unpaired) electrons. The van der Waals surface area contributed by atoms with Crippen LogP contribution in [0.25, 0.3) is 0 Å². The highest BCUT2D eigenvalue weighted by molar-refractivity contribution is 5.94. The van der Waals surface area contributed by atoms with Crippen LogP contribution in [-0.2, 0) is 26.2 Å². The lowest BCUT2D eigenvalue weighted by Gasteiger charge is -2.64. The molecule has 1 aromatic carbocycles. The Kier molecular flexibility index (Phi) is 5.61. The SMILES string of the molecule is COC(=O)/C=C/C(=O)NC1CCC2(O)C3Cc4ccc(O)c5c4C2(CCN3CC2CC2)C1O5.Cl. The summed E-state index contributed by atoms with van der Waals surface area (Å²) in [4.78, 5) is 26.4. The van der Waals surface area contributed by atoms with Crippen LogP contribution in [0.15, 0.2) is 24.3 Å². The molecule has 5 unspecified atom stereocenters. The summed E-state index contributed by atoms with van der Waals surface area (Å²) in [6, 6.07) is 3.29. The Bertz CT molecular complexity index is 1060. The van der Waals surface area contributed by atoms with E-state index in [1.807, 2.05) is 6.07 Å². The number of hydrogen-bond acceptors (Lipinski definition) is 7. The van der Waals surface area contributed by atoms with Crippen molar-refractivity contribution in [2.45, 2.75) is 67.7 Å². The van der Waals surface area contributed by atoms with Gasteiger partial charge >= 0.3 is 5.97 Å². The first-order valence-corrected chi connectivity index (χ1v) is 11.9. The minimum absolute atomic E-state index is 0. The molecular formula is C25H31ClN2O6. The van der Waals surface area contributed by atoms with Crippen molar-refractivity contribution in [2.75, 3.05) is 20.2 Å². The number of phenolic OH excluding ortho intramolecular Hbond substituents is 1. The third kappa shape index (κ3) is 3.18. The molecule has 1 spiro atoms. The molecule has 5 aliphatic rings. The van der Waals surface area contributed by atoms with Gasteiger partial charge in [-0.3, -0.25) is 9.69 Å². The van der Waals surface area contributed by atoms with Gasteiger partial charge < -0.3 is 25.0 Å². The number of carbonyl (C=O) groups excluding carboxylic acids is 2. The van der Waals surface area contributed by atoms with Crippen molar-refractivity contribution < 1.29 is 29.3 Å². The lowest BCUT2D eigenvalue weighted by atomic mass is 9.48. The second-order valence-corrected chi connectivity index (χ2v) is 10.3. The second kappa shape index (κ2) is 8.14. The number of methoxy groups -OCH3 is 1. The predicted molar refractivity (Wildman–Crippen MR) is 125 cm³/mol. The number of aliphatic hydroxyl groups is 1. The van der Waals surface area contributed by atoms with Gasteiger partial charge in [0, 0.05) is 30.3 Å². The quantitative estimate of drug-likeness (QED) is 0.425. The number of aromatic hydroxyl groups is 1. The molecule has 8 nitrogen and oxygen atoms in total. The van der Waals surface area contributed by atoms with Crippen LogP contribution in [0.2, 0.25) is 0 Å². The maximum Gasteiger partial charge on any atom is 0.330 e. The minimum atomic E-state index is -0.986. The smallest absolute Gasteiger partial charge is 0.330 e. The number of amides is 1. The lowest BCUT2D eigenvalue weighted by Crippen LogP contribution is -2.78. The van der Waals surface area contributed by atoms with Gasteiger partial charge in [0.25, 0.3) is 0 Å². The summed E-state index contributed by atoms with van der Waals surface area (Å²) in [6.45, 7) is 1.88. The number of esters is 1. The zero-order valence-electron chi connectivity index (χ0n) is 19.2. The molecule has 3 fully saturated rings. The van der Waals surface area contributed by atoms with E-state index in [0.717, 1.165) is 48.7 Å². The molecule has 2 heterocycles. The van der Waals surface area contributed by atoms with E-state index in [9.17, 15) is 19.8 Å². The molecule has 2 saturated carbocycles. The molecule has 1 saturated heterocycles. The summed E-state index contributed by atoms with van der Waals surface area (Å²) in [6.07, 6.45) is 6.84. The summed E-state index contributed by atoms with van der Waals surface area (Å²) in [5, 5.41) is 26.0. The van der Waals surface area contributed by atoms with Gasteiger partial charge in [0.05, 0.1) is 24.2 Å². The Morgan fingerprint density at radius 2 is 2.06 bits per heavy atom. The highest BCUT2D eigenvalue weighted by atomic mass is 35.5. The van der Waals surface area contributed by atoms with Crippen molar-refractivity contribution in [3.05, 3.63) is 35.4 Å². The van der Waals surface area contributed by atoms with Crippen LogP contribution in [-0.4, -0.2) is 71.0 Å². The zero-order valence-corrected chi connectivity index (χ0v) is 20.0. The van der Waals surface area contributed by atoms with E-state index < -0.39 is 29.0 Å². The van der Waals surface area contributed by atoms with Crippen molar-refractivity contribution in [2.24, 2.45) is 5.92 Å². The largest absolute Gasteiger partial charge is 0.504 e. The Hall–Kier alpha value is -2.29. The van der Waals surface area contributed by atoms with Gasteiger partial charge in [-0.15, -0.1) is 12.4 Å². The van der Waals surface area contributed by atoms with Crippen LogP contribution in [0.4, 0.5) is 0 Å². The lowest BCUT2D eigenvalue weighted by molar-refractivity contribution is -0.192. The summed E-state index contributed by atoms with van der Waals surface area (Å²) < 4.78 is 11.0. The average Bonchev–Trinajstić information content (AvgIpc) is 3.54. The molecule has 1 aromatic rings. The van der Waals surface area contributed by atoms with Gasteiger partial charge in [-0.1, -0.05) is 6.07 Å². The van der Waals surface area contributed by atoms with Crippen LogP contribution in [0.1, 0.15) is 43.2 Å². The molecular weight excluding hydrogens is 460 g/mol. The van der Waals surface area contributed by atoms with Crippen LogP contribution in [0, 0.1) is 5.92 Å². The van der Waals surface area contributed by atoms with Crippen molar-refractivity contribution in [3.8, 4) is 11.5 Å². The van der Waals surface area contributed by atoms with E-state index >= 15 is 0 Å². The topological polar surface area (TPSA) is 108 Å². The highest BCUT2D eigenvalue weighted by Gasteiger charge is 2.73. The van der Waals surface area contributed by atoms with Gasteiger partial charge in [0.1, 0.15) is 6.10 Å². The molecule has 5 atom stereocenters. The Morgan fingerprint density at radius 1 is 1.26 bits per heavy atom. The normalized spacial score (nSPS) is 35.2. The number of hydrogen-bond donors (Lipinski definition) is 3. The Morgan fingerprint density at radius 3 is 2.79 bits per heavy atom. The zero-order chi connectivity index (χ0) is 23.0. The Balaban J connectivity index is 0.00000241. The van der Waals surface area contributed by atoms with Gasteiger partial charge in [-0.25, -0.2) is 4.79 Å². The highest BCUT2D eigenvalue weighted by Crippen LogP contribution is 2.65. The minimum Gasteiger partial charge on any atom is -0.504 e. The Labute approximate surface area is 204 Å². The van der Waals surface area contributed by atoms with E-state index in [0.29, 0.717) is 25.0 Å². The third-order valence-electron chi connectivity index (χ3n) is 8.66. The molecule has 184 valence electrons. The first-order chi connectivity index (χ1) is 15.9. The number of nitrogens with one attached hydrogen (secondary N) is 1. The maximum absolute atomic E-state index is 12.6. The molecule has 2 aliphatic heterocycles. The molecule has 0 aromatic heterocycles. The number of likely N-dealkylation sites (tertiary alicyclic amines) is 1. The second-order valence-electron chi connectivity index (χ2n) is 10.3. The fourth-order valence-electron chi connectivity index (χ4n) is 7.07. The fraction of sp³-hybridized carbons (Fsp3) is 0.600. The third-order valence-corrected chi connectivity index (χ3v) is 8.66. The molecule has 3 N–H and O–H groups in total. The average molecular weight is 491 g/mol. The standard InChI is InChI=1S/C25H30N2O6.ClH/c1-32-20(30)7-6-19(29)26-16-8-9-25(31)18-12-15-4-5-17(28)22-21(15)24(25,23(16)33-22)10-11-27(18)13-14-2-3-14;/h4-7,14,16,18,23,28,31H,2-3,8-13H2,1H3,(H,26,29);1H/b7-6+;. The maximum atomic E-state index is 12.6. The van der Waals surface area contributed by atoms with E-state index in [-0.39, 0.29) is 30.2 Å². The molecule has 1 amide bonds. The number of benzene rings is 1. The molecule has 3 aliphatic carbocycles. The van der Waals surface area contributed by atoms with Gasteiger partial charge in [0.15, 0.2) is 11.5 Å². The van der Waals surface area contributed by atoms with Crippen molar-refractivity contribution in [1.29, 1.82) is 0 Å². The number of halogens is 1. The van der Waals surface area contributed by atoms with Crippen molar-refractivity contribution >= 4 is 24.3 Å². The van der Waals surface area contributed by atoms with E-state index in [1.54, 1.807) is 6.07 Å². The molecule has 9 heteroatoms. The number of phenols is 1. The van der Waals surface area contributed by atoms with E-state index in [4.69, 9.17) is 4.74 Å². The van der Waals surface area contributed by atoms with Crippen LogP contribution in [0.5, 0.6) is 11.5 Å². The van der Waals surface area contributed by atoms with Gasteiger partial charge in [0.2, 0.25) is 5.91 Å². The summed E-state index contributed by atoms with van der Waals surface area (Å²) in [5.74, 6) is 0.256.